The predicted molar refractivity (Wildman–Crippen MR) is 128 cm³/mol. The van der Waals surface area contributed by atoms with Crippen molar-refractivity contribution in [3.63, 3.8) is 0 Å². The van der Waals surface area contributed by atoms with Crippen LogP contribution in [-0.4, -0.2) is 63.4 Å². The molecule has 176 valence electrons. The lowest BCUT2D eigenvalue weighted by Gasteiger charge is -2.47. The molecule has 0 saturated carbocycles. The summed E-state index contributed by atoms with van der Waals surface area (Å²) in [5, 5.41) is 3.09. The second kappa shape index (κ2) is 8.57. The topological polar surface area (TPSA) is 103 Å². The Kier molecular flexibility index (Phi) is 5.57. The number of aromatic nitrogens is 3. The molecule has 5 rings (SSSR count). The van der Waals surface area contributed by atoms with Crippen molar-refractivity contribution in [1.82, 2.24) is 25.2 Å². The molecule has 2 N–H and O–H groups in total. The lowest BCUT2D eigenvalue weighted by molar-refractivity contribution is -0.131. The second-order valence-electron chi connectivity index (χ2n) is 9.30. The zero-order chi connectivity index (χ0) is 23.9. The first-order chi connectivity index (χ1) is 16.4. The largest absolute Gasteiger partial charge is 0.374 e. The fourth-order valence-electron chi connectivity index (χ4n) is 4.81. The zero-order valence-corrected chi connectivity index (χ0v) is 19.4. The predicted octanol–water partition coefficient (Wildman–Crippen LogP) is 2.57. The average Bonchev–Trinajstić information content (AvgIpc) is 3.26. The minimum absolute atomic E-state index is 0.0796. The van der Waals surface area contributed by atoms with Crippen LogP contribution in [0.5, 0.6) is 0 Å². The van der Waals surface area contributed by atoms with Crippen LogP contribution in [0.25, 0.3) is 11.2 Å². The Labute approximate surface area is 197 Å². The number of benzene rings is 1. The molecule has 2 aromatic heterocycles. The SMILES string of the molecule is C=CC(=O)N1CCN(c2cnc3[nH]cc(C(=O)NC4COCc5ccccc54)c3n2)CC1(C)C. The van der Waals surface area contributed by atoms with Gasteiger partial charge in [-0.1, -0.05) is 30.8 Å². The molecule has 9 nitrogen and oxygen atoms in total. The summed E-state index contributed by atoms with van der Waals surface area (Å²) in [7, 11) is 0. The first kappa shape index (κ1) is 22.1. The Morgan fingerprint density at radius 3 is 2.91 bits per heavy atom. The summed E-state index contributed by atoms with van der Waals surface area (Å²) in [5.74, 6) is 0.361. The lowest BCUT2D eigenvalue weighted by atomic mass is 9.98. The van der Waals surface area contributed by atoms with Crippen LogP contribution < -0.4 is 10.2 Å². The van der Waals surface area contributed by atoms with E-state index >= 15 is 0 Å². The third kappa shape index (κ3) is 3.92. The van der Waals surface area contributed by atoms with Gasteiger partial charge in [-0.2, -0.15) is 0 Å². The van der Waals surface area contributed by atoms with Gasteiger partial charge in [0, 0.05) is 25.8 Å². The molecule has 9 heteroatoms. The fourth-order valence-corrected chi connectivity index (χ4v) is 4.81. The van der Waals surface area contributed by atoms with E-state index in [2.05, 4.69) is 26.8 Å². The van der Waals surface area contributed by atoms with Crippen LogP contribution in [-0.2, 0) is 16.1 Å². The molecule has 3 aromatic rings. The van der Waals surface area contributed by atoms with E-state index in [4.69, 9.17) is 9.72 Å². The Hall–Kier alpha value is -3.72. The number of nitrogens with one attached hydrogen (secondary N) is 2. The number of nitrogens with zero attached hydrogens (tertiary/aromatic N) is 4. The molecular weight excluding hydrogens is 432 g/mol. The summed E-state index contributed by atoms with van der Waals surface area (Å²) in [5.41, 5.74) is 3.26. The average molecular weight is 461 g/mol. The van der Waals surface area contributed by atoms with Crippen molar-refractivity contribution < 1.29 is 14.3 Å². The molecule has 2 aliphatic heterocycles. The zero-order valence-electron chi connectivity index (χ0n) is 19.4. The first-order valence-corrected chi connectivity index (χ1v) is 11.4. The summed E-state index contributed by atoms with van der Waals surface area (Å²) in [6.07, 6.45) is 4.69. The number of hydrogen-bond donors (Lipinski definition) is 2. The van der Waals surface area contributed by atoms with E-state index in [0.29, 0.717) is 55.4 Å². The Morgan fingerprint density at radius 1 is 1.29 bits per heavy atom. The van der Waals surface area contributed by atoms with Crippen LogP contribution >= 0.6 is 0 Å². The number of piperazine rings is 1. The molecule has 1 saturated heterocycles. The highest BCUT2D eigenvalue weighted by atomic mass is 16.5. The van der Waals surface area contributed by atoms with Gasteiger partial charge < -0.3 is 24.8 Å². The van der Waals surface area contributed by atoms with Crippen molar-refractivity contribution >= 4 is 28.8 Å². The molecule has 2 amide bonds. The van der Waals surface area contributed by atoms with E-state index in [1.54, 1.807) is 12.4 Å². The van der Waals surface area contributed by atoms with Gasteiger partial charge in [-0.25, -0.2) is 9.97 Å². The van der Waals surface area contributed by atoms with E-state index in [0.717, 1.165) is 11.1 Å². The van der Waals surface area contributed by atoms with Crippen LogP contribution in [0.4, 0.5) is 5.82 Å². The van der Waals surface area contributed by atoms with E-state index in [1.807, 2.05) is 43.0 Å². The smallest absolute Gasteiger partial charge is 0.255 e. The summed E-state index contributed by atoms with van der Waals surface area (Å²) in [6, 6.07) is 7.75. The van der Waals surface area contributed by atoms with Crippen molar-refractivity contribution in [1.29, 1.82) is 0 Å². The number of carbonyl (C=O) groups is 2. The van der Waals surface area contributed by atoms with Gasteiger partial charge in [0.15, 0.2) is 5.65 Å². The first-order valence-electron chi connectivity index (χ1n) is 11.4. The highest BCUT2D eigenvalue weighted by molar-refractivity contribution is 6.04. The standard InChI is InChI=1S/C25H28N6O3/c1-4-21(32)31-10-9-30(15-25(31,2)3)20-12-27-23-22(29-20)18(11-26-23)24(33)28-19-14-34-13-16-7-5-6-8-17(16)19/h4-8,11-12,19H,1,9-10,13-15H2,2-3H3,(H,26,27)(H,28,33). The van der Waals surface area contributed by atoms with Crippen molar-refractivity contribution in [3.05, 3.63) is 66.0 Å². The van der Waals surface area contributed by atoms with Crippen molar-refractivity contribution in [2.45, 2.75) is 32.0 Å². The molecule has 1 aromatic carbocycles. The van der Waals surface area contributed by atoms with Gasteiger partial charge in [-0.05, 0) is 31.1 Å². The third-order valence-electron chi connectivity index (χ3n) is 6.56. The maximum atomic E-state index is 13.2. The van der Waals surface area contributed by atoms with E-state index < -0.39 is 5.54 Å². The maximum Gasteiger partial charge on any atom is 0.255 e. The number of carbonyl (C=O) groups excluding carboxylic acids is 2. The summed E-state index contributed by atoms with van der Waals surface area (Å²) < 4.78 is 5.67. The highest BCUT2D eigenvalue weighted by Crippen LogP contribution is 2.28. The molecule has 34 heavy (non-hydrogen) atoms. The van der Waals surface area contributed by atoms with E-state index in [-0.39, 0.29) is 17.9 Å². The molecule has 1 unspecified atom stereocenters. The number of ether oxygens (including phenoxy) is 1. The quantitative estimate of drug-likeness (QED) is 0.580. The van der Waals surface area contributed by atoms with Gasteiger partial charge in [-0.15, -0.1) is 0 Å². The number of fused-ring (bicyclic) bond motifs is 2. The molecule has 0 spiro atoms. The fraction of sp³-hybridized carbons (Fsp3) is 0.360. The Bertz CT molecular complexity index is 1270. The van der Waals surface area contributed by atoms with Crippen LogP contribution in [0, 0.1) is 0 Å². The third-order valence-corrected chi connectivity index (χ3v) is 6.56. The van der Waals surface area contributed by atoms with Gasteiger partial charge in [0.1, 0.15) is 11.3 Å². The Balaban J connectivity index is 1.38. The van der Waals surface area contributed by atoms with Gasteiger partial charge in [0.25, 0.3) is 5.91 Å². The summed E-state index contributed by atoms with van der Waals surface area (Å²) in [6.45, 7) is 10.4. The highest BCUT2D eigenvalue weighted by Gasteiger charge is 2.36. The van der Waals surface area contributed by atoms with Gasteiger partial charge in [0.05, 0.1) is 36.6 Å². The maximum absolute atomic E-state index is 13.2. The number of rotatable bonds is 4. The number of amides is 2. The van der Waals surface area contributed by atoms with Gasteiger partial charge in [-0.3, -0.25) is 9.59 Å². The lowest BCUT2D eigenvalue weighted by Crippen LogP contribution is -2.61. The molecule has 0 radical (unpaired) electrons. The number of H-pyrrole nitrogens is 1. The molecule has 1 fully saturated rings. The van der Waals surface area contributed by atoms with Crippen LogP contribution in [0.2, 0.25) is 0 Å². The molecule has 1 atom stereocenters. The minimum Gasteiger partial charge on any atom is -0.374 e. The van der Waals surface area contributed by atoms with Gasteiger partial charge in [0.2, 0.25) is 5.91 Å². The van der Waals surface area contributed by atoms with Gasteiger partial charge >= 0.3 is 0 Å². The van der Waals surface area contributed by atoms with Crippen LogP contribution in [0.3, 0.4) is 0 Å². The van der Waals surface area contributed by atoms with Crippen LogP contribution in [0.1, 0.15) is 41.4 Å². The molecule has 0 aliphatic carbocycles. The summed E-state index contributed by atoms with van der Waals surface area (Å²) in [4.78, 5) is 41.7. The van der Waals surface area contributed by atoms with Crippen molar-refractivity contribution in [3.8, 4) is 0 Å². The molecular formula is C25H28N6O3. The van der Waals surface area contributed by atoms with Crippen LogP contribution in [0.15, 0.2) is 49.3 Å². The molecule has 2 aliphatic rings. The monoisotopic (exact) mass is 460 g/mol. The van der Waals surface area contributed by atoms with Crippen molar-refractivity contribution in [2.75, 3.05) is 31.1 Å². The normalized spacial score (nSPS) is 19.5. The summed E-state index contributed by atoms with van der Waals surface area (Å²) >= 11 is 0. The Morgan fingerprint density at radius 2 is 2.12 bits per heavy atom. The number of anilines is 1. The van der Waals surface area contributed by atoms with E-state index in [1.165, 1.54) is 6.08 Å². The number of aromatic amines is 1. The minimum atomic E-state index is -0.396. The molecule has 4 heterocycles. The van der Waals surface area contributed by atoms with Crippen molar-refractivity contribution in [2.24, 2.45) is 0 Å². The number of hydrogen-bond acceptors (Lipinski definition) is 6. The second-order valence-corrected chi connectivity index (χ2v) is 9.30. The van der Waals surface area contributed by atoms with E-state index in [9.17, 15) is 9.59 Å². The molecule has 0 bridgehead atoms.